The molecule has 2 atom stereocenters. The zero-order valence-corrected chi connectivity index (χ0v) is 16.7. The molecule has 146 valence electrons. The van der Waals surface area contributed by atoms with Gasteiger partial charge in [-0.15, -0.1) is 0 Å². The Morgan fingerprint density at radius 1 is 1.11 bits per heavy atom. The summed E-state index contributed by atoms with van der Waals surface area (Å²) < 4.78 is 5.34. The van der Waals surface area contributed by atoms with Gasteiger partial charge in [0.15, 0.2) is 0 Å². The van der Waals surface area contributed by atoms with Gasteiger partial charge in [-0.2, -0.15) is 0 Å². The van der Waals surface area contributed by atoms with E-state index in [-0.39, 0.29) is 6.54 Å². The van der Waals surface area contributed by atoms with E-state index in [4.69, 9.17) is 16.3 Å². The highest BCUT2D eigenvalue weighted by molar-refractivity contribution is 6.30. The topological polar surface area (TPSA) is 70.6 Å². The highest BCUT2D eigenvalue weighted by Crippen LogP contribution is 2.15. The fourth-order valence-corrected chi connectivity index (χ4v) is 2.67. The third kappa shape index (κ3) is 7.89. The quantitative estimate of drug-likeness (QED) is 0.661. The minimum absolute atomic E-state index is 0.273. The predicted molar refractivity (Wildman–Crippen MR) is 109 cm³/mol. The van der Waals surface area contributed by atoms with Crippen molar-refractivity contribution in [3.05, 3.63) is 65.2 Å². The first-order valence-electron chi connectivity index (χ1n) is 8.94. The first kappa shape index (κ1) is 21.1. The molecule has 0 heterocycles. The van der Waals surface area contributed by atoms with Crippen LogP contribution in [0.25, 0.3) is 0 Å². The van der Waals surface area contributed by atoms with Crippen LogP contribution >= 0.6 is 11.6 Å². The molecule has 5 nitrogen and oxygen atoms in total. The Morgan fingerprint density at radius 2 is 1.74 bits per heavy atom. The Morgan fingerprint density at radius 3 is 2.33 bits per heavy atom. The van der Waals surface area contributed by atoms with Crippen LogP contribution in [-0.4, -0.2) is 35.5 Å². The smallest absolute Gasteiger partial charge is 0.407 e. The minimum atomic E-state index is -0.812. The molecule has 0 aliphatic carbocycles. The van der Waals surface area contributed by atoms with Crippen LogP contribution in [0, 0.1) is 0 Å². The van der Waals surface area contributed by atoms with Crippen molar-refractivity contribution < 1.29 is 14.6 Å². The molecule has 0 aliphatic heterocycles. The van der Waals surface area contributed by atoms with E-state index in [1.54, 1.807) is 32.9 Å². The van der Waals surface area contributed by atoms with Gasteiger partial charge in [-0.05, 0) is 57.0 Å². The van der Waals surface area contributed by atoms with Crippen LogP contribution in [0.5, 0.6) is 0 Å². The van der Waals surface area contributed by atoms with Crippen molar-refractivity contribution >= 4 is 23.4 Å². The Bertz CT molecular complexity index is 714. The van der Waals surface area contributed by atoms with Crippen LogP contribution in [0.3, 0.4) is 0 Å². The average molecular weight is 391 g/mol. The van der Waals surface area contributed by atoms with Crippen molar-refractivity contribution in [2.45, 2.75) is 44.9 Å². The molecule has 0 radical (unpaired) electrons. The fraction of sp³-hybridized carbons (Fsp3) is 0.381. The highest BCUT2D eigenvalue weighted by Gasteiger charge is 2.25. The van der Waals surface area contributed by atoms with Crippen molar-refractivity contribution in [3.63, 3.8) is 0 Å². The van der Waals surface area contributed by atoms with Crippen molar-refractivity contribution in [1.82, 2.24) is 5.32 Å². The first-order valence-corrected chi connectivity index (χ1v) is 9.32. The molecule has 0 spiro atoms. The molecule has 0 aliphatic rings. The number of rotatable bonds is 7. The molecular weight excluding hydrogens is 364 g/mol. The Kier molecular flexibility index (Phi) is 7.51. The largest absolute Gasteiger partial charge is 0.444 e. The summed E-state index contributed by atoms with van der Waals surface area (Å²) in [5.41, 5.74) is 1.26. The van der Waals surface area contributed by atoms with E-state index in [1.165, 1.54) is 0 Å². The van der Waals surface area contributed by atoms with Crippen molar-refractivity contribution in [1.29, 1.82) is 0 Å². The van der Waals surface area contributed by atoms with Crippen LogP contribution in [0.15, 0.2) is 54.6 Å². The second-order valence-electron chi connectivity index (χ2n) is 7.40. The fourth-order valence-electron chi connectivity index (χ4n) is 2.54. The molecule has 0 fully saturated rings. The minimum Gasteiger partial charge on any atom is -0.444 e. The van der Waals surface area contributed by atoms with E-state index < -0.39 is 23.8 Å². The van der Waals surface area contributed by atoms with Crippen LogP contribution in [-0.2, 0) is 11.2 Å². The highest BCUT2D eigenvalue weighted by atomic mass is 35.5. The lowest BCUT2D eigenvalue weighted by Crippen LogP contribution is -2.49. The van der Waals surface area contributed by atoms with Gasteiger partial charge in [0.1, 0.15) is 5.60 Å². The second kappa shape index (κ2) is 9.62. The zero-order valence-electron chi connectivity index (χ0n) is 15.9. The Hall–Kier alpha value is -2.24. The zero-order chi connectivity index (χ0) is 19.9. The number of ether oxygens (including phenoxy) is 1. The lowest BCUT2D eigenvalue weighted by Gasteiger charge is -2.27. The van der Waals surface area contributed by atoms with Crippen LogP contribution < -0.4 is 10.6 Å². The molecule has 2 aromatic carbocycles. The molecule has 0 bridgehead atoms. The maximum Gasteiger partial charge on any atom is 0.407 e. The average Bonchev–Trinajstić information content (AvgIpc) is 2.59. The number of anilines is 1. The number of hydrogen-bond acceptors (Lipinski definition) is 4. The molecule has 6 heteroatoms. The third-order valence-corrected chi connectivity index (χ3v) is 4.08. The number of nitrogens with one attached hydrogen (secondary N) is 2. The normalized spacial score (nSPS) is 13.5. The van der Waals surface area contributed by atoms with Gasteiger partial charge in [0, 0.05) is 17.3 Å². The van der Waals surface area contributed by atoms with E-state index in [1.807, 2.05) is 42.5 Å². The van der Waals surface area contributed by atoms with Gasteiger partial charge in [-0.3, -0.25) is 0 Å². The predicted octanol–water partition coefficient (Wildman–Crippen LogP) is 4.25. The van der Waals surface area contributed by atoms with Gasteiger partial charge in [-0.25, -0.2) is 4.79 Å². The molecule has 0 saturated carbocycles. The van der Waals surface area contributed by atoms with Crippen molar-refractivity contribution in [2.24, 2.45) is 0 Å². The van der Waals surface area contributed by atoms with Crippen LogP contribution in [0.1, 0.15) is 26.3 Å². The number of carbonyl (C=O) groups excluding carboxylic acids is 1. The van der Waals surface area contributed by atoms with Gasteiger partial charge in [0.25, 0.3) is 0 Å². The van der Waals surface area contributed by atoms with Gasteiger partial charge < -0.3 is 20.5 Å². The first-order chi connectivity index (χ1) is 12.7. The molecule has 0 unspecified atom stereocenters. The number of alkyl carbamates (subject to hydrolysis) is 1. The second-order valence-corrected chi connectivity index (χ2v) is 7.83. The molecule has 1 amide bonds. The molecule has 0 aromatic heterocycles. The summed E-state index contributed by atoms with van der Waals surface area (Å²) in [6, 6.07) is 16.4. The van der Waals surface area contributed by atoms with Crippen molar-refractivity contribution in [3.8, 4) is 0 Å². The van der Waals surface area contributed by atoms with Gasteiger partial charge in [-0.1, -0.05) is 41.9 Å². The summed E-state index contributed by atoms with van der Waals surface area (Å²) in [4.78, 5) is 12.2. The SMILES string of the molecule is CC(C)(C)OC(=O)N[C@@H](Cc1ccccc1)[C@H](O)CNc1ccc(Cl)cc1. The molecule has 2 rings (SSSR count). The van der Waals surface area contributed by atoms with Gasteiger partial charge in [0.05, 0.1) is 12.1 Å². The lowest BCUT2D eigenvalue weighted by molar-refractivity contribution is 0.0433. The Labute approximate surface area is 165 Å². The summed E-state index contributed by atoms with van der Waals surface area (Å²) in [6.45, 7) is 5.68. The van der Waals surface area contributed by atoms with Crippen molar-refractivity contribution in [2.75, 3.05) is 11.9 Å². The number of carbonyl (C=O) groups is 1. The van der Waals surface area contributed by atoms with Gasteiger partial charge in [0.2, 0.25) is 0 Å². The van der Waals surface area contributed by atoms with Gasteiger partial charge >= 0.3 is 6.09 Å². The number of aliphatic hydroxyl groups excluding tert-OH is 1. The molecule has 2 aromatic rings. The summed E-state index contributed by atoms with van der Waals surface area (Å²) in [5, 5.41) is 17.3. The number of halogens is 1. The summed E-state index contributed by atoms with van der Waals surface area (Å²) in [5.74, 6) is 0. The maximum atomic E-state index is 12.2. The Balaban J connectivity index is 2.02. The monoisotopic (exact) mass is 390 g/mol. The van der Waals surface area contributed by atoms with Crippen LogP contribution in [0.4, 0.5) is 10.5 Å². The van der Waals surface area contributed by atoms with Crippen LogP contribution in [0.2, 0.25) is 5.02 Å². The van der Waals surface area contributed by atoms with E-state index >= 15 is 0 Å². The summed E-state index contributed by atoms with van der Waals surface area (Å²) >= 11 is 5.89. The summed E-state index contributed by atoms with van der Waals surface area (Å²) in [7, 11) is 0. The number of hydrogen-bond donors (Lipinski definition) is 3. The molecule has 0 saturated heterocycles. The maximum absolute atomic E-state index is 12.2. The molecular formula is C21H27ClN2O3. The molecule has 27 heavy (non-hydrogen) atoms. The molecule has 3 N–H and O–H groups in total. The van der Waals surface area contributed by atoms with E-state index in [0.717, 1.165) is 11.3 Å². The number of amides is 1. The number of aliphatic hydroxyl groups is 1. The third-order valence-electron chi connectivity index (χ3n) is 3.82. The van der Waals surface area contributed by atoms with E-state index in [2.05, 4.69) is 10.6 Å². The van der Waals surface area contributed by atoms with E-state index in [0.29, 0.717) is 11.4 Å². The summed E-state index contributed by atoms with van der Waals surface area (Å²) in [6.07, 6.45) is -0.869. The van der Waals surface area contributed by atoms with E-state index in [9.17, 15) is 9.90 Å². The number of benzene rings is 2. The lowest BCUT2D eigenvalue weighted by atomic mass is 10.0. The standard InChI is InChI=1S/C21H27ClN2O3/c1-21(2,3)27-20(26)24-18(13-15-7-5-4-6-8-15)19(25)14-23-17-11-9-16(22)10-12-17/h4-12,18-19,23,25H,13-14H2,1-3H3,(H,24,26)/t18-,19+/m0/s1.